The van der Waals surface area contributed by atoms with Crippen LogP contribution in [0.3, 0.4) is 0 Å². The van der Waals surface area contributed by atoms with E-state index >= 15 is 0 Å². The van der Waals surface area contributed by atoms with Crippen LogP contribution in [-0.2, 0) is 42.2 Å². The third-order valence-corrected chi connectivity index (χ3v) is 12.6. The number of ether oxygens (including phenoxy) is 3. The SMILES string of the molecule is CC/C=C\C/C=C\C/C=C\C/C=C\CCCCCCCCC(=O)OCC(COP(=O)(O)OCC(CO)OC(=O)CCCCCCC/C=C\CCCC)OC(=O)CCCCCC/C=C\C/C=C\C/C=C\C/C=C\CC. The van der Waals surface area contributed by atoms with E-state index in [4.69, 9.17) is 23.3 Å². The van der Waals surface area contributed by atoms with Gasteiger partial charge in [0.2, 0.25) is 0 Å². The zero-order valence-corrected chi connectivity index (χ0v) is 47.4. The standard InChI is InChI=1S/C62H103O11P/c1-4-7-10-13-16-19-22-24-26-28-29-31-32-34-37-39-42-45-48-51-60(64)69-55-59(73-62(66)53-50-47-44-41-38-35-33-30-27-25-23-20-17-14-11-8-5-2)57-71-74(67,68)70-56-58(54-63)72-61(65)52-49-46-43-40-36-21-18-15-12-9-6-3/h7-8,10-11,15-20,24-27,29,31,33,35,58-59,63H,4-6,9,12-14,21-23,28,30,32,34,36-57H2,1-3H3,(H,67,68)/b10-7-,11-8-,18-15-,19-16-,20-17-,26-24-,27-25-,31-29-,35-33-. The van der Waals surface area contributed by atoms with Gasteiger partial charge >= 0.3 is 25.7 Å². The maximum Gasteiger partial charge on any atom is 0.472 e. The fourth-order valence-corrected chi connectivity index (χ4v) is 8.10. The number of aliphatic hydroxyl groups excluding tert-OH is 1. The summed E-state index contributed by atoms with van der Waals surface area (Å²) >= 11 is 0. The number of unbranched alkanes of at least 4 members (excludes halogenated alkanes) is 17. The zero-order chi connectivity index (χ0) is 54.1. The minimum atomic E-state index is -4.76. The largest absolute Gasteiger partial charge is 0.472 e. The molecule has 0 saturated carbocycles. The van der Waals surface area contributed by atoms with Gasteiger partial charge in [-0.25, -0.2) is 4.57 Å². The van der Waals surface area contributed by atoms with E-state index in [-0.39, 0.29) is 25.9 Å². The Morgan fingerprint density at radius 1 is 0.392 bits per heavy atom. The first-order valence-corrected chi connectivity index (χ1v) is 30.3. The summed E-state index contributed by atoms with van der Waals surface area (Å²) in [5.74, 6) is -1.53. The number of aliphatic hydroxyl groups is 1. The second-order valence-corrected chi connectivity index (χ2v) is 20.1. The molecular weight excluding hydrogens is 952 g/mol. The second kappa shape index (κ2) is 55.4. The second-order valence-electron chi connectivity index (χ2n) is 18.7. The van der Waals surface area contributed by atoms with E-state index in [9.17, 15) is 28.9 Å². The van der Waals surface area contributed by atoms with Crippen LogP contribution in [0, 0.1) is 0 Å². The normalized spacial score (nSPS) is 14.2. The molecule has 0 aliphatic heterocycles. The van der Waals surface area contributed by atoms with Crippen LogP contribution in [0.4, 0.5) is 0 Å². The highest BCUT2D eigenvalue weighted by molar-refractivity contribution is 7.47. The molecule has 0 fully saturated rings. The van der Waals surface area contributed by atoms with E-state index in [0.29, 0.717) is 19.3 Å². The summed E-state index contributed by atoms with van der Waals surface area (Å²) in [7, 11) is -4.76. The number of hydrogen-bond donors (Lipinski definition) is 2. The van der Waals surface area contributed by atoms with Gasteiger partial charge in [0.15, 0.2) is 6.10 Å². The molecule has 11 nitrogen and oxygen atoms in total. The van der Waals surface area contributed by atoms with Gasteiger partial charge in [-0.2, -0.15) is 0 Å². The van der Waals surface area contributed by atoms with Gasteiger partial charge in [-0.15, -0.1) is 0 Å². The number of rotatable bonds is 52. The summed E-state index contributed by atoms with van der Waals surface area (Å²) < 4.78 is 39.5. The lowest BCUT2D eigenvalue weighted by molar-refractivity contribution is -0.161. The van der Waals surface area contributed by atoms with Crippen LogP contribution in [0.2, 0.25) is 0 Å². The lowest BCUT2D eigenvalue weighted by Crippen LogP contribution is -2.30. The molecule has 3 atom stereocenters. The highest BCUT2D eigenvalue weighted by atomic mass is 31.2. The van der Waals surface area contributed by atoms with E-state index in [1.54, 1.807) is 0 Å². The van der Waals surface area contributed by atoms with Crippen LogP contribution in [0.1, 0.15) is 226 Å². The Balaban J connectivity index is 4.81. The molecule has 422 valence electrons. The first kappa shape index (κ1) is 70.1. The lowest BCUT2D eigenvalue weighted by Gasteiger charge is -2.21. The molecule has 0 heterocycles. The predicted molar refractivity (Wildman–Crippen MR) is 307 cm³/mol. The first-order valence-electron chi connectivity index (χ1n) is 28.8. The lowest BCUT2D eigenvalue weighted by atomic mass is 10.1. The van der Waals surface area contributed by atoms with Crippen LogP contribution < -0.4 is 0 Å². The highest BCUT2D eigenvalue weighted by Gasteiger charge is 2.28. The highest BCUT2D eigenvalue weighted by Crippen LogP contribution is 2.43. The average Bonchev–Trinajstić information content (AvgIpc) is 3.39. The number of hydrogen-bond acceptors (Lipinski definition) is 10. The molecule has 0 amide bonds. The first-order chi connectivity index (χ1) is 36.2. The quantitative estimate of drug-likeness (QED) is 0.0197. The molecule has 0 rings (SSSR count). The Hall–Kier alpha value is -3.86. The van der Waals surface area contributed by atoms with Crippen molar-refractivity contribution in [2.75, 3.05) is 26.4 Å². The van der Waals surface area contributed by atoms with Crippen LogP contribution in [0.25, 0.3) is 0 Å². The molecule has 12 heteroatoms. The van der Waals surface area contributed by atoms with Crippen molar-refractivity contribution in [1.82, 2.24) is 0 Å². The summed E-state index contributed by atoms with van der Waals surface area (Å²) in [6, 6.07) is 0. The third kappa shape index (κ3) is 53.0. The molecule has 0 bridgehead atoms. The monoisotopic (exact) mass is 1050 g/mol. The number of phosphoric ester groups is 1. The van der Waals surface area contributed by atoms with Gasteiger partial charge < -0.3 is 24.2 Å². The molecule has 74 heavy (non-hydrogen) atoms. The van der Waals surface area contributed by atoms with Crippen LogP contribution in [0.5, 0.6) is 0 Å². The molecule has 0 aromatic rings. The smallest absolute Gasteiger partial charge is 0.462 e. The van der Waals surface area contributed by atoms with Crippen molar-refractivity contribution in [2.24, 2.45) is 0 Å². The average molecular weight is 1060 g/mol. The van der Waals surface area contributed by atoms with Crippen molar-refractivity contribution < 1.29 is 52.2 Å². The number of phosphoric acid groups is 1. The van der Waals surface area contributed by atoms with Gasteiger partial charge in [-0.05, 0) is 116 Å². The molecule has 0 saturated heterocycles. The maximum absolute atomic E-state index is 12.9. The van der Waals surface area contributed by atoms with Gasteiger partial charge in [-0.1, -0.05) is 201 Å². The van der Waals surface area contributed by atoms with Gasteiger partial charge in [0.1, 0.15) is 12.7 Å². The van der Waals surface area contributed by atoms with Gasteiger partial charge in [0, 0.05) is 19.3 Å². The summed E-state index contributed by atoms with van der Waals surface area (Å²) in [4.78, 5) is 48.5. The van der Waals surface area contributed by atoms with E-state index in [2.05, 4.69) is 130 Å². The molecule has 0 aromatic heterocycles. The zero-order valence-electron chi connectivity index (χ0n) is 46.5. The number of carbonyl (C=O) groups is 3. The third-order valence-electron chi connectivity index (χ3n) is 11.7. The van der Waals surface area contributed by atoms with Crippen molar-refractivity contribution in [2.45, 2.75) is 238 Å². The van der Waals surface area contributed by atoms with Crippen LogP contribution in [0.15, 0.2) is 109 Å². The summed E-state index contributed by atoms with van der Waals surface area (Å²) in [6.07, 6.45) is 66.2. The number of allylic oxidation sites excluding steroid dienone is 18. The molecule has 2 N–H and O–H groups in total. The maximum atomic E-state index is 12.9. The summed E-state index contributed by atoms with van der Waals surface area (Å²) in [5, 5.41) is 9.79. The van der Waals surface area contributed by atoms with E-state index in [1.165, 1.54) is 12.8 Å². The fraction of sp³-hybridized carbons (Fsp3) is 0.661. The molecule has 0 aliphatic carbocycles. The Kier molecular flexibility index (Phi) is 52.5. The summed E-state index contributed by atoms with van der Waals surface area (Å²) in [5.41, 5.74) is 0. The van der Waals surface area contributed by atoms with E-state index < -0.39 is 57.8 Å². The molecule has 0 spiro atoms. The minimum absolute atomic E-state index is 0.130. The number of esters is 3. The molecule has 0 radical (unpaired) electrons. The summed E-state index contributed by atoms with van der Waals surface area (Å²) in [6.45, 7) is 4.31. The Labute approximate surface area is 450 Å². The molecular formula is C62H103O11P. The van der Waals surface area contributed by atoms with E-state index in [1.807, 2.05) is 0 Å². The molecule has 0 aromatic carbocycles. The minimum Gasteiger partial charge on any atom is -0.462 e. The molecule has 3 unspecified atom stereocenters. The van der Waals surface area contributed by atoms with Crippen molar-refractivity contribution in [3.63, 3.8) is 0 Å². The van der Waals surface area contributed by atoms with Crippen molar-refractivity contribution in [3.05, 3.63) is 109 Å². The van der Waals surface area contributed by atoms with Crippen LogP contribution >= 0.6 is 7.82 Å². The Morgan fingerprint density at radius 3 is 1.09 bits per heavy atom. The van der Waals surface area contributed by atoms with E-state index in [0.717, 1.165) is 154 Å². The van der Waals surface area contributed by atoms with Crippen LogP contribution in [-0.4, -0.2) is 66.5 Å². The van der Waals surface area contributed by atoms with Gasteiger partial charge in [0.05, 0.1) is 19.8 Å². The van der Waals surface area contributed by atoms with Crippen molar-refractivity contribution >= 4 is 25.7 Å². The van der Waals surface area contributed by atoms with Gasteiger partial charge in [0.25, 0.3) is 0 Å². The molecule has 0 aliphatic rings. The van der Waals surface area contributed by atoms with Gasteiger partial charge in [-0.3, -0.25) is 23.4 Å². The number of carbonyl (C=O) groups excluding carboxylic acids is 3. The predicted octanol–water partition coefficient (Wildman–Crippen LogP) is 17.0. The van der Waals surface area contributed by atoms with Crippen molar-refractivity contribution in [3.8, 4) is 0 Å². The Bertz CT molecular complexity index is 1660. The Morgan fingerprint density at radius 2 is 0.703 bits per heavy atom. The topological polar surface area (TPSA) is 155 Å². The fourth-order valence-electron chi connectivity index (χ4n) is 7.32. The van der Waals surface area contributed by atoms with Crippen molar-refractivity contribution in [1.29, 1.82) is 0 Å².